The van der Waals surface area contributed by atoms with Gasteiger partial charge in [0, 0.05) is 19.0 Å². The number of amides is 4. The van der Waals surface area contributed by atoms with Crippen LogP contribution in [0.15, 0.2) is 54.6 Å². The highest BCUT2D eigenvalue weighted by molar-refractivity contribution is 6.06. The second kappa shape index (κ2) is 17.7. The van der Waals surface area contributed by atoms with Gasteiger partial charge in [-0.3, -0.25) is 29.0 Å². The first-order valence-electron chi connectivity index (χ1n) is 17.8. The fourth-order valence-corrected chi connectivity index (χ4v) is 7.86. The van der Waals surface area contributed by atoms with Crippen molar-refractivity contribution in [2.45, 2.75) is 90.4 Å². The molecule has 46 heavy (non-hydrogen) atoms. The Morgan fingerprint density at radius 1 is 0.717 bits per heavy atom. The molecule has 1 aromatic rings. The molecule has 252 valence electrons. The van der Waals surface area contributed by atoms with Crippen molar-refractivity contribution in [3.63, 3.8) is 0 Å². The Morgan fingerprint density at radius 3 is 1.89 bits per heavy atom. The molecule has 0 aromatic heterocycles. The summed E-state index contributed by atoms with van der Waals surface area (Å²) in [5.41, 5.74) is 12.4. The van der Waals surface area contributed by atoms with Crippen LogP contribution in [0.4, 0.5) is 0 Å². The molecule has 8 nitrogen and oxygen atoms in total. The van der Waals surface area contributed by atoms with Crippen molar-refractivity contribution in [2.75, 3.05) is 26.2 Å². The lowest BCUT2D eigenvalue weighted by Gasteiger charge is -2.34. The number of nitrogens with two attached hydrogens (primary N) is 2. The number of nitrogens with zero attached hydrogens (tertiary/aromatic N) is 2. The van der Waals surface area contributed by atoms with Crippen molar-refractivity contribution in [1.29, 1.82) is 0 Å². The lowest BCUT2D eigenvalue weighted by Crippen LogP contribution is -2.37. The molecule has 0 saturated carbocycles. The summed E-state index contributed by atoms with van der Waals surface area (Å²) in [4.78, 5) is 58.8. The standard InChI is InChI=1S/C38H56N4O4/c1-27(29-17-9-7-10-18-29)25-33-34(38(46)42(37(33)45)24-16-6-4-14-22-40)32(30-19-11-8-12-20-30)26-31-28(2)35(43)41(36(31)44)23-15-5-3-13-21-39/h7-12,17-19,27-28,30-34H,3-6,13-16,20-26,39-40H2,1-2H3. The van der Waals surface area contributed by atoms with E-state index in [9.17, 15) is 19.2 Å². The van der Waals surface area contributed by atoms with Crippen LogP contribution in [0.1, 0.15) is 96.0 Å². The van der Waals surface area contributed by atoms with Crippen LogP contribution in [0.25, 0.3) is 0 Å². The normalized spacial score (nSPS) is 26.0. The molecular weight excluding hydrogens is 576 g/mol. The molecule has 8 heteroatoms. The second-order valence-corrected chi connectivity index (χ2v) is 13.7. The van der Waals surface area contributed by atoms with Gasteiger partial charge in [0.25, 0.3) is 0 Å². The summed E-state index contributed by atoms with van der Waals surface area (Å²) in [7, 11) is 0. The Kier molecular flexibility index (Phi) is 13.8. The molecule has 3 aliphatic rings. The molecule has 0 spiro atoms. The Morgan fingerprint density at radius 2 is 1.30 bits per heavy atom. The van der Waals surface area contributed by atoms with Crippen molar-refractivity contribution < 1.29 is 19.2 Å². The summed E-state index contributed by atoms with van der Waals surface area (Å²) in [6, 6.07) is 10.2. The third-order valence-electron chi connectivity index (χ3n) is 10.6. The minimum Gasteiger partial charge on any atom is -0.330 e. The van der Waals surface area contributed by atoms with E-state index < -0.39 is 23.7 Å². The summed E-state index contributed by atoms with van der Waals surface area (Å²) in [5.74, 6) is -2.54. The van der Waals surface area contributed by atoms with Crippen molar-refractivity contribution in [3.8, 4) is 0 Å². The van der Waals surface area contributed by atoms with Gasteiger partial charge in [0.1, 0.15) is 0 Å². The molecule has 2 heterocycles. The number of allylic oxidation sites excluding steroid dienone is 4. The molecule has 4 amide bonds. The highest BCUT2D eigenvalue weighted by Crippen LogP contribution is 2.47. The smallest absolute Gasteiger partial charge is 0.233 e. The molecule has 2 saturated heterocycles. The van der Waals surface area contributed by atoms with E-state index in [0.717, 1.165) is 63.4 Å². The summed E-state index contributed by atoms with van der Waals surface area (Å²) >= 11 is 0. The van der Waals surface area contributed by atoms with Gasteiger partial charge < -0.3 is 11.5 Å². The zero-order valence-corrected chi connectivity index (χ0v) is 28.0. The predicted octanol–water partition coefficient (Wildman–Crippen LogP) is 5.58. The maximum atomic E-state index is 14.4. The molecule has 2 aliphatic heterocycles. The lowest BCUT2D eigenvalue weighted by atomic mass is 9.67. The van der Waals surface area contributed by atoms with Gasteiger partial charge in [0.2, 0.25) is 23.6 Å². The van der Waals surface area contributed by atoms with Crippen molar-refractivity contribution in [1.82, 2.24) is 9.80 Å². The molecule has 4 N–H and O–H groups in total. The topological polar surface area (TPSA) is 127 Å². The Labute approximate surface area is 276 Å². The number of hydrogen-bond acceptors (Lipinski definition) is 6. The zero-order valence-electron chi connectivity index (χ0n) is 28.0. The van der Waals surface area contributed by atoms with Crippen LogP contribution < -0.4 is 11.5 Å². The van der Waals surface area contributed by atoms with Crippen molar-refractivity contribution in [3.05, 3.63) is 60.2 Å². The van der Waals surface area contributed by atoms with Gasteiger partial charge in [-0.25, -0.2) is 0 Å². The van der Waals surface area contributed by atoms with E-state index in [1.807, 2.05) is 37.3 Å². The second-order valence-electron chi connectivity index (χ2n) is 13.7. The van der Waals surface area contributed by atoms with Gasteiger partial charge >= 0.3 is 0 Å². The fourth-order valence-electron chi connectivity index (χ4n) is 7.86. The zero-order chi connectivity index (χ0) is 33.1. The van der Waals surface area contributed by atoms with E-state index in [0.29, 0.717) is 39.0 Å². The first kappa shape index (κ1) is 35.7. The quantitative estimate of drug-likeness (QED) is 0.152. The lowest BCUT2D eigenvalue weighted by molar-refractivity contribution is -0.142. The van der Waals surface area contributed by atoms with Gasteiger partial charge in [-0.15, -0.1) is 0 Å². The third kappa shape index (κ3) is 8.62. The van der Waals surface area contributed by atoms with Crippen molar-refractivity contribution >= 4 is 23.6 Å². The van der Waals surface area contributed by atoms with Gasteiger partial charge in [-0.05, 0) is 81.4 Å². The van der Waals surface area contributed by atoms with E-state index in [4.69, 9.17) is 11.5 Å². The number of unbranched alkanes of at least 4 members (excludes halogenated alkanes) is 6. The molecule has 1 aliphatic carbocycles. The van der Waals surface area contributed by atoms with E-state index in [-0.39, 0.29) is 41.4 Å². The van der Waals surface area contributed by atoms with Crippen LogP contribution in [-0.2, 0) is 19.2 Å². The first-order chi connectivity index (χ1) is 22.3. The van der Waals surface area contributed by atoms with E-state index >= 15 is 0 Å². The van der Waals surface area contributed by atoms with E-state index in [2.05, 4.69) is 31.2 Å². The summed E-state index contributed by atoms with van der Waals surface area (Å²) in [5, 5.41) is 0. The average Bonchev–Trinajstić information content (AvgIpc) is 3.42. The van der Waals surface area contributed by atoms with Gasteiger partial charge in [-0.1, -0.05) is 94.2 Å². The van der Waals surface area contributed by atoms with Crippen molar-refractivity contribution in [2.24, 2.45) is 47.0 Å². The molecule has 2 fully saturated rings. The monoisotopic (exact) mass is 632 g/mol. The van der Waals surface area contributed by atoms with Crippen LogP contribution in [0, 0.1) is 35.5 Å². The summed E-state index contributed by atoms with van der Waals surface area (Å²) in [6.45, 7) is 6.11. The van der Waals surface area contributed by atoms with E-state index in [1.165, 1.54) is 9.80 Å². The highest BCUT2D eigenvalue weighted by atomic mass is 16.2. The molecule has 7 unspecified atom stereocenters. The maximum Gasteiger partial charge on any atom is 0.233 e. The number of benzene rings is 1. The van der Waals surface area contributed by atoms with Crippen LogP contribution in [0.3, 0.4) is 0 Å². The van der Waals surface area contributed by atoms with Crippen LogP contribution in [0.5, 0.6) is 0 Å². The van der Waals surface area contributed by atoms with Gasteiger partial charge in [-0.2, -0.15) is 0 Å². The molecule has 0 radical (unpaired) electrons. The first-order valence-corrected chi connectivity index (χ1v) is 17.8. The molecule has 1 aromatic carbocycles. The number of carbonyl (C=O) groups excluding carboxylic acids is 4. The third-order valence-corrected chi connectivity index (χ3v) is 10.6. The number of imide groups is 2. The van der Waals surface area contributed by atoms with Crippen LogP contribution >= 0.6 is 0 Å². The summed E-state index contributed by atoms with van der Waals surface area (Å²) < 4.78 is 0. The highest BCUT2D eigenvalue weighted by Gasteiger charge is 2.54. The van der Waals surface area contributed by atoms with Crippen LogP contribution in [-0.4, -0.2) is 59.6 Å². The largest absolute Gasteiger partial charge is 0.330 e. The summed E-state index contributed by atoms with van der Waals surface area (Å²) in [6.07, 6.45) is 17.2. The maximum absolute atomic E-state index is 14.4. The predicted molar refractivity (Wildman–Crippen MR) is 182 cm³/mol. The SMILES string of the molecule is CC(CC1C(=O)N(CCCCCCN)C(=O)C1C(CC1C(=O)N(CCCCCCN)C(=O)C1C)C1C=CC=CC1)c1ccccc1. The molecule has 4 rings (SSSR count). The fraction of sp³-hybridized carbons (Fsp3) is 0.632. The minimum atomic E-state index is -0.538. The van der Waals surface area contributed by atoms with Crippen LogP contribution in [0.2, 0.25) is 0 Å². The Bertz CT molecular complexity index is 1230. The number of hydrogen-bond donors (Lipinski definition) is 2. The molecule has 7 atom stereocenters. The minimum absolute atomic E-state index is 0.00574. The number of rotatable bonds is 19. The van der Waals surface area contributed by atoms with Gasteiger partial charge in [0.05, 0.1) is 17.8 Å². The number of likely N-dealkylation sites (tertiary alicyclic amines) is 2. The van der Waals surface area contributed by atoms with Gasteiger partial charge in [0.15, 0.2) is 0 Å². The number of carbonyl (C=O) groups is 4. The Balaban J connectivity index is 1.60. The van der Waals surface area contributed by atoms with E-state index in [1.54, 1.807) is 0 Å². The Hall–Kier alpha value is -3.10. The molecular formula is C38H56N4O4. The molecule has 0 bridgehead atoms. The average molecular weight is 633 g/mol.